The Labute approximate surface area is 122 Å². The van der Waals surface area contributed by atoms with Crippen LogP contribution >= 0.6 is 0 Å². The van der Waals surface area contributed by atoms with Crippen LogP contribution in [0.5, 0.6) is 0 Å². The smallest absolute Gasteiger partial charge is 0.326 e. The molecular formula is C14H20N2O5. The van der Waals surface area contributed by atoms with Crippen molar-refractivity contribution in [1.29, 1.82) is 0 Å². The minimum Gasteiger partial charge on any atom is -0.480 e. The Morgan fingerprint density at radius 3 is 2.57 bits per heavy atom. The number of aliphatic carboxylic acids is 1. The molecule has 21 heavy (non-hydrogen) atoms. The maximum atomic E-state index is 11.7. The van der Waals surface area contributed by atoms with Gasteiger partial charge in [0.2, 0.25) is 5.91 Å². The molecule has 1 rings (SSSR count). The maximum absolute atomic E-state index is 11.7. The summed E-state index contributed by atoms with van der Waals surface area (Å²) >= 11 is 0. The molecule has 116 valence electrons. The first-order valence-electron chi connectivity index (χ1n) is 6.74. The van der Waals surface area contributed by atoms with Crippen LogP contribution in [-0.4, -0.2) is 35.5 Å². The summed E-state index contributed by atoms with van der Waals surface area (Å²) in [4.78, 5) is 34.2. The summed E-state index contributed by atoms with van der Waals surface area (Å²) in [5.74, 6) is -1.56. The Kier molecular flexibility index (Phi) is 6.45. The molecule has 0 aliphatic rings. The molecule has 0 saturated heterocycles. The molecule has 0 aromatic carbocycles. The number of hydrogen-bond acceptors (Lipinski definition) is 4. The van der Waals surface area contributed by atoms with Crippen molar-refractivity contribution in [2.45, 2.75) is 32.7 Å². The lowest BCUT2D eigenvalue weighted by atomic mass is 10.0. The molecule has 1 heterocycles. The van der Waals surface area contributed by atoms with Crippen molar-refractivity contribution in [3.05, 3.63) is 24.2 Å². The molecule has 7 heteroatoms. The zero-order valence-corrected chi connectivity index (χ0v) is 12.1. The molecule has 0 bridgehead atoms. The molecular weight excluding hydrogens is 276 g/mol. The fraction of sp³-hybridized carbons (Fsp3) is 0.500. The highest BCUT2D eigenvalue weighted by Crippen LogP contribution is 2.05. The van der Waals surface area contributed by atoms with E-state index >= 15 is 0 Å². The van der Waals surface area contributed by atoms with Crippen LogP contribution in [0.25, 0.3) is 0 Å². The Morgan fingerprint density at radius 2 is 2.05 bits per heavy atom. The van der Waals surface area contributed by atoms with E-state index < -0.39 is 23.8 Å². The molecule has 0 fully saturated rings. The van der Waals surface area contributed by atoms with Crippen LogP contribution in [0.4, 0.5) is 0 Å². The predicted molar refractivity (Wildman–Crippen MR) is 74.7 cm³/mol. The lowest BCUT2D eigenvalue weighted by molar-refractivity contribution is -0.142. The standard InChI is InChI=1S/C14H20N2O5/c1-9(2)8-10(14(19)20)16-12(17)5-6-15-13(18)11-4-3-7-21-11/h3-4,7,9-10H,5-6,8H2,1-2H3,(H,15,18)(H,16,17)(H,19,20)/t10-/m0/s1. The van der Waals surface area contributed by atoms with Gasteiger partial charge < -0.3 is 20.2 Å². The van der Waals surface area contributed by atoms with E-state index in [1.165, 1.54) is 12.3 Å². The van der Waals surface area contributed by atoms with E-state index in [1.54, 1.807) is 6.07 Å². The van der Waals surface area contributed by atoms with E-state index in [-0.39, 0.29) is 24.6 Å². The number of hydrogen-bond donors (Lipinski definition) is 3. The third-order valence-electron chi connectivity index (χ3n) is 2.72. The second-order valence-electron chi connectivity index (χ2n) is 5.07. The van der Waals surface area contributed by atoms with Crippen LogP contribution in [0.2, 0.25) is 0 Å². The fourth-order valence-electron chi connectivity index (χ4n) is 1.74. The molecule has 7 nitrogen and oxygen atoms in total. The van der Waals surface area contributed by atoms with E-state index in [2.05, 4.69) is 10.6 Å². The zero-order valence-electron chi connectivity index (χ0n) is 12.1. The minimum atomic E-state index is -1.06. The van der Waals surface area contributed by atoms with Gasteiger partial charge in [-0.05, 0) is 24.5 Å². The summed E-state index contributed by atoms with van der Waals surface area (Å²) in [6, 6.07) is 2.20. The summed E-state index contributed by atoms with van der Waals surface area (Å²) in [6.07, 6.45) is 1.75. The highest BCUT2D eigenvalue weighted by atomic mass is 16.4. The van der Waals surface area contributed by atoms with Crippen LogP contribution in [0.1, 0.15) is 37.2 Å². The molecule has 0 unspecified atom stereocenters. The fourth-order valence-corrected chi connectivity index (χ4v) is 1.74. The predicted octanol–water partition coefficient (Wildman–Crippen LogP) is 1.01. The Balaban J connectivity index is 2.32. The topological polar surface area (TPSA) is 109 Å². The SMILES string of the molecule is CC(C)C[C@H](NC(=O)CCNC(=O)c1ccco1)C(=O)O. The van der Waals surface area contributed by atoms with Crippen molar-refractivity contribution in [3.63, 3.8) is 0 Å². The van der Waals surface area contributed by atoms with Crippen molar-refractivity contribution in [2.24, 2.45) is 5.92 Å². The monoisotopic (exact) mass is 296 g/mol. The Bertz CT molecular complexity index is 482. The zero-order chi connectivity index (χ0) is 15.8. The largest absolute Gasteiger partial charge is 0.480 e. The Morgan fingerprint density at radius 1 is 1.33 bits per heavy atom. The average molecular weight is 296 g/mol. The lowest BCUT2D eigenvalue weighted by Gasteiger charge is -2.16. The lowest BCUT2D eigenvalue weighted by Crippen LogP contribution is -2.42. The molecule has 1 atom stereocenters. The van der Waals surface area contributed by atoms with Crippen LogP contribution in [0.3, 0.4) is 0 Å². The average Bonchev–Trinajstić information content (AvgIpc) is 2.91. The van der Waals surface area contributed by atoms with Crippen molar-refractivity contribution in [3.8, 4) is 0 Å². The van der Waals surface area contributed by atoms with Crippen molar-refractivity contribution in [2.75, 3.05) is 6.54 Å². The van der Waals surface area contributed by atoms with Gasteiger partial charge >= 0.3 is 5.97 Å². The van der Waals surface area contributed by atoms with Gasteiger partial charge in [-0.15, -0.1) is 0 Å². The van der Waals surface area contributed by atoms with Gasteiger partial charge in [0.25, 0.3) is 5.91 Å². The quantitative estimate of drug-likeness (QED) is 0.663. The number of rotatable bonds is 8. The van der Waals surface area contributed by atoms with Gasteiger partial charge in [-0.25, -0.2) is 4.79 Å². The van der Waals surface area contributed by atoms with E-state index in [1.807, 2.05) is 13.8 Å². The molecule has 0 spiro atoms. The van der Waals surface area contributed by atoms with E-state index in [9.17, 15) is 14.4 Å². The molecule has 1 aromatic rings. The summed E-state index contributed by atoms with van der Waals surface area (Å²) in [5, 5.41) is 14.0. The number of carboxylic acid groups (broad SMARTS) is 1. The number of carbonyl (C=O) groups is 3. The first-order chi connectivity index (χ1) is 9.90. The third kappa shape index (κ3) is 6.11. The molecule has 0 aliphatic heterocycles. The van der Waals surface area contributed by atoms with Crippen molar-refractivity contribution in [1.82, 2.24) is 10.6 Å². The minimum absolute atomic E-state index is 0.00826. The second-order valence-corrected chi connectivity index (χ2v) is 5.07. The van der Waals surface area contributed by atoms with Gasteiger partial charge in [0, 0.05) is 13.0 Å². The number of nitrogens with one attached hydrogen (secondary N) is 2. The number of carboxylic acids is 1. The molecule has 3 N–H and O–H groups in total. The molecule has 0 saturated carbocycles. The number of furan rings is 1. The van der Waals surface area contributed by atoms with E-state index in [0.29, 0.717) is 6.42 Å². The van der Waals surface area contributed by atoms with Gasteiger partial charge in [0.15, 0.2) is 5.76 Å². The van der Waals surface area contributed by atoms with Gasteiger partial charge in [0.1, 0.15) is 6.04 Å². The third-order valence-corrected chi connectivity index (χ3v) is 2.72. The van der Waals surface area contributed by atoms with Gasteiger partial charge in [0.05, 0.1) is 6.26 Å². The van der Waals surface area contributed by atoms with Crippen LogP contribution in [0.15, 0.2) is 22.8 Å². The first kappa shape index (κ1) is 16.7. The van der Waals surface area contributed by atoms with E-state index in [4.69, 9.17) is 9.52 Å². The highest BCUT2D eigenvalue weighted by molar-refractivity contribution is 5.91. The number of amides is 2. The van der Waals surface area contributed by atoms with Crippen LogP contribution in [-0.2, 0) is 9.59 Å². The second kappa shape index (κ2) is 8.08. The van der Waals surface area contributed by atoms with Crippen LogP contribution < -0.4 is 10.6 Å². The molecule has 0 radical (unpaired) electrons. The maximum Gasteiger partial charge on any atom is 0.326 e. The molecule has 1 aromatic heterocycles. The van der Waals surface area contributed by atoms with E-state index in [0.717, 1.165) is 0 Å². The number of carbonyl (C=O) groups excluding carboxylic acids is 2. The van der Waals surface area contributed by atoms with Crippen LogP contribution in [0, 0.1) is 5.92 Å². The highest BCUT2D eigenvalue weighted by Gasteiger charge is 2.20. The van der Waals surface area contributed by atoms with Gasteiger partial charge in [-0.3, -0.25) is 9.59 Å². The summed E-state index contributed by atoms with van der Waals surface area (Å²) in [5.41, 5.74) is 0. The molecule has 2 amide bonds. The van der Waals surface area contributed by atoms with Gasteiger partial charge in [-0.1, -0.05) is 13.8 Å². The summed E-state index contributed by atoms with van der Waals surface area (Å²) < 4.78 is 4.90. The Hall–Kier alpha value is -2.31. The summed E-state index contributed by atoms with van der Waals surface area (Å²) in [6.45, 7) is 3.87. The normalized spacial score (nSPS) is 12.0. The van der Waals surface area contributed by atoms with Crippen molar-refractivity contribution < 1.29 is 23.9 Å². The van der Waals surface area contributed by atoms with Crippen molar-refractivity contribution >= 4 is 17.8 Å². The molecule has 0 aliphatic carbocycles. The summed E-state index contributed by atoms with van der Waals surface area (Å²) in [7, 11) is 0. The van der Waals surface area contributed by atoms with Gasteiger partial charge in [-0.2, -0.15) is 0 Å². The first-order valence-corrected chi connectivity index (χ1v) is 6.74.